The minimum absolute atomic E-state index is 0.213. The number of hydrogen-bond donors (Lipinski definition) is 2. The number of amides is 1. The van der Waals surface area contributed by atoms with Gasteiger partial charge in [-0.05, 0) is 17.7 Å². The van der Waals surface area contributed by atoms with Crippen LogP contribution in [0, 0.1) is 0 Å². The van der Waals surface area contributed by atoms with E-state index in [4.69, 9.17) is 42.6 Å². The van der Waals surface area contributed by atoms with Gasteiger partial charge in [0.1, 0.15) is 26.4 Å². The van der Waals surface area contributed by atoms with Crippen molar-refractivity contribution in [3.8, 4) is 0 Å². The molecule has 45 heavy (non-hydrogen) atoms. The third-order valence-corrected chi connectivity index (χ3v) is 5.33. The third-order valence-electron chi connectivity index (χ3n) is 5.33. The topological polar surface area (TPSA) is 201 Å². The second-order valence-corrected chi connectivity index (χ2v) is 8.53. The Labute approximate surface area is 257 Å². The normalized spacial score (nSPS) is 20.2. The Bertz CT molecular complexity index is 1210. The van der Waals surface area contributed by atoms with Crippen LogP contribution in [0.4, 0.5) is 24.9 Å². The van der Waals surface area contributed by atoms with Gasteiger partial charge in [0, 0.05) is 5.69 Å². The summed E-state index contributed by atoms with van der Waals surface area (Å²) < 4.78 is 46.4. The molecule has 1 aliphatic heterocycles. The molecule has 244 valence electrons. The van der Waals surface area contributed by atoms with Gasteiger partial charge in [-0.1, -0.05) is 62.8 Å². The molecule has 16 nitrogen and oxygen atoms in total. The van der Waals surface area contributed by atoms with Crippen molar-refractivity contribution in [3.05, 3.63) is 80.4 Å². The SMILES string of the molecule is C=CCOC(=O)O[C@@H]1[C@@H](OC(=O)OCC=C)[C@H](OC(=O)Nc2ccc(CO)cc2)O[C@H](C(=O)OCC=C)[C@H]1OC(=O)OCC=C. The van der Waals surface area contributed by atoms with Gasteiger partial charge in [-0.15, -0.1) is 0 Å². The van der Waals surface area contributed by atoms with Crippen molar-refractivity contribution in [1.29, 1.82) is 0 Å². The molecule has 1 aromatic carbocycles. The van der Waals surface area contributed by atoms with Gasteiger partial charge in [-0.2, -0.15) is 0 Å². The van der Waals surface area contributed by atoms with E-state index in [2.05, 4.69) is 31.6 Å². The number of carbonyl (C=O) groups is 5. The monoisotopic (exact) mass is 635 g/mol. The van der Waals surface area contributed by atoms with Crippen molar-refractivity contribution in [2.45, 2.75) is 37.3 Å². The zero-order valence-electron chi connectivity index (χ0n) is 24.0. The molecule has 16 heteroatoms. The average Bonchev–Trinajstić information content (AvgIpc) is 3.03. The highest BCUT2D eigenvalue weighted by Crippen LogP contribution is 2.31. The number of ether oxygens (including phenoxy) is 9. The summed E-state index contributed by atoms with van der Waals surface area (Å²) in [5, 5.41) is 11.6. The minimum Gasteiger partial charge on any atom is -0.459 e. The van der Waals surface area contributed by atoms with E-state index in [1.165, 1.54) is 48.6 Å². The summed E-state index contributed by atoms with van der Waals surface area (Å²) in [4.78, 5) is 63.6. The molecule has 1 saturated heterocycles. The van der Waals surface area contributed by atoms with Crippen LogP contribution >= 0.6 is 0 Å². The molecule has 2 rings (SSSR count). The number of nitrogens with one attached hydrogen (secondary N) is 1. The Morgan fingerprint density at radius 3 is 1.64 bits per heavy atom. The summed E-state index contributed by atoms with van der Waals surface area (Å²) in [6.07, 6.45) is -10.3. The number of aliphatic hydroxyl groups is 1. The number of benzene rings is 1. The molecule has 2 N–H and O–H groups in total. The van der Waals surface area contributed by atoms with E-state index in [0.717, 1.165) is 0 Å². The quantitative estimate of drug-likeness (QED) is 0.161. The summed E-state index contributed by atoms with van der Waals surface area (Å²) in [5.41, 5.74) is 0.766. The smallest absolute Gasteiger partial charge is 0.459 e. The lowest BCUT2D eigenvalue weighted by atomic mass is 9.98. The minimum atomic E-state index is -2.03. The molecule has 1 heterocycles. The van der Waals surface area contributed by atoms with E-state index in [1.807, 2.05) is 0 Å². The Balaban J connectivity index is 2.54. The predicted octanol–water partition coefficient (Wildman–Crippen LogP) is 3.30. The predicted molar refractivity (Wildman–Crippen MR) is 152 cm³/mol. The standard InChI is InChI=1S/C29H33NO15/c1-5-13-37-24(32)22-20(42-27(34)38-14-6-2)21(43-28(35)39-15-7-3)23(44-29(36)40-16-8-4)25(41-22)45-26(33)30-19-11-9-18(17-31)10-12-19/h5-12,20-23,25,31H,1-4,13-17H2,(H,30,33)/t20-,21-,22-,23+,25-/m0/s1. The van der Waals surface area contributed by atoms with Crippen LogP contribution in [0.1, 0.15) is 5.56 Å². The highest BCUT2D eigenvalue weighted by molar-refractivity contribution is 5.84. The van der Waals surface area contributed by atoms with Gasteiger partial charge in [0.25, 0.3) is 0 Å². The zero-order valence-corrected chi connectivity index (χ0v) is 24.0. The van der Waals surface area contributed by atoms with Crippen molar-refractivity contribution in [2.24, 2.45) is 0 Å². The van der Waals surface area contributed by atoms with Gasteiger partial charge in [0.15, 0.2) is 18.3 Å². The second-order valence-electron chi connectivity index (χ2n) is 8.53. The molecule has 0 aromatic heterocycles. The van der Waals surface area contributed by atoms with Crippen LogP contribution in [-0.2, 0) is 54.0 Å². The molecule has 5 atom stereocenters. The van der Waals surface area contributed by atoms with Gasteiger partial charge in [0.05, 0.1) is 6.61 Å². The van der Waals surface area contributed by atoms with Gasteiger partial charge < -0.3 is 47.7 Å². The fourth-order valence-electron chi connectivity index (χ4n) is 3.47. The average molecular weight is 636 g/mol. The molecule has 0 radical (unpaired) electrons. The van der Waals surface area contributed by atoms with E-state index in [0.29, 0.717) is 5.56 Å². The molecule has 0 spiro atoms. The van der Waals surface area contributed by atoms with E-state index in [9.17, 15) is 29.1 Å². The largest absolute Gasteiger partial charge is 0.509 e. The molecule has 1 aliphatic rings. The van der Waals surface area contributed by atoms with Crippen LogP contribution in [0.3, 0.4) is 0 Å². The lowest BCUT2D eigenvalue weighted by molar-refractivity contribution is -0.282. The Morgan fingerprint density at radius 1 is 0.689 bits per heavy atom. The first-order chi connectivity index (χ1) is 21.7. The zero-order chi connectivity index (χ0) is 33.2. The van der Waals surface area contributed by atoms with E-state index in [1.54, 1.807) is 0 Å². The Morgan fingerprint density at radius 2 is 1.16 bits per heavy atom. The van der Waals surface area contributed by atoms with E-state index >= 15 is 0 Å². The summed E-state index contributed by atoms with van der Waals surface area (Å²) in [6.45, 7) is 12.1. The van der Waals surface area contributed by atoms with Gasteiger partial charge >= 0.3 is 30.5 Å². The molecular weight excluding hydrogens is 602 g/mol. The molecule has 1 fully saturated rings. The first-order valence-corrected chi connectivity index (χ1v) is 13.1. The summed E-state index contributed by atoms with van der Waals surface area (Å²) in [7, 11) is 0. The first kappa shape index (κ1) is 35.8. The molecule has 0 bridgehead atoms. The van der Waals surface area contributed by atoms with Crippen LogP contribution in [0.25, 0.3) is 0 Å². The maximum absolute atomic E-state index is 13.1. The highest BCUT2D eigenvalue weighted by Gasteiger charge is 2.57. The van der Waals surface area contributed by atoms with Crippen molar-refractivity contribution < 1.29 is 71.7 Å². The molecule has 1 amide bonds. The fraction of sp³-hybridized carbons (Fsp3) is 0.345. The number of hydrogen-bond acceptors (Lipinski definition) is 15. The lowest BCUT2D eigenvalue weighted by Crippen LogP contribution is -2.64. The molecule has 0 aliphatic carbocycles. The maximum Gasteiger partial charge on any atom is 0.509 e. The number of aliphatic hydroxyl groups excluding tert-OH is 1. The number of anilines is 1. The molecule has 0 unspecified atom stereocenters. The lowest BCUT2D eigenvalue weighted by Gasteiger charge is -2.42. The van der Waals surface area contributed by atoms with Gasteiger partial charge in [-0.25, -0.2) is 24.0 Å². The fourth-order valence-corrected chi connectivity index (χ4v) is 3.47. The number of esters is 1. The van der Waals surface area contributed by atoms with Crippen LogP contribution in [0.5, 0.6) is 0 Å². The first-order valence-electron chi connectivity index (χ1n) is 13.1. The summed E-state index contributed by atoms with van der Waals surface area (Å²) in [6, 6.07) is 5.94. The summed E-state index contributed by atoms with van der Waals surface area (Å²) >= 11 is 0. The second kappa shape index (κ2) is 19.0. The Hall–Kier alpha value is -5.35. The van der Waals surface area contributed by atoms with Crippen molar-refractivity contribution in [1.82, 2.24) is 0 Å². The van der Waals surface area contributed by atoms with Crippen LogP contribution < -0.4 is 5.32 Å². The summed E-state index contributed by atoms with van der Waals surface area (Å²) in [5.74, 6) is -1.19. The van der Waals surface area contributed by atoms with Crippen molar-refractivity contribution in [3.63, 3.8) is 0 Å². The maximum atomic E-state index is 13.1. The van der Waals surface area contributed by atoms with Crippen LogP contribution in [0.15, 0.2) is 74.9 Å². The highest BCUT2D eigenvalue weighted by atomic mass is 16.8. The Kier molecular flexibility index (Phi) is 15.2. The molecule has 0 saturated carbocycles. The van der Waals surface area contributed by atoms with Crippen molar-refractivity contribution in [2.75, 3.05) is 31.7 Å². The van der Waals surface area contributed by atoms with E-state index in [-0.39, 0.29) is 38.7 Å². The number of rotatable bonds is 15. The van der Waals surface area contributed by atoms with Gasteiger partial charge in [-0.3, -0.25) is 5.32 Å². The van der Waals surface area contributed by atoms with E-state index < -0.39 is 61.2 Å². The van der Waals surface area contributed by atoms with Crippen molar-refractivity contribution >= 4 is 36.2 Å². The van der Waals surface area contributed by atoms with Gasteiger partial charge in [0.2, 0.25) is 12.4 Å². The molecule has 1 aromatic rings. The molecular formula is C29H33NO15. The third kappa shape index (κ3) is 11.7. The number of carbonyl (C=O) groups excluding carboxylic acids is 5. The van der Waals surface area contributed by atoms with Crippen LogP contribution in [-0.4, -0.2) is 92.8 Å². The van der Waals surface area contributed by atoms with Crippen LogP contribution in [0.2, 0.25) is 0 Å².